The molecule has 1 aromatic carbocycles. The summed E-state index contributed by atoms with van der Waals surface area (Å²) in [5, 5.41) is 9.93. The topological polar surface area (TPSA) is 49.5 Å². The molecule has 3 heteroatoms. The monoisotopic (exact) mass is 248 g/mol. The largest absolute Gasteiger partial charge is 0.391 e. The number of aliphatic hydroxyl groups excluding tert-OH is 1. The highest BCUT2D eigenvalue weighted by Crippen LogP contribution is 2.25. The van der Waals surface area contributed by atoms with Crippen LogP contribution in [0.3, 0.4) is 0 Å². The Morgan fingerprint density at radius 1 is 1.39 bits per heavy atom. The Bertz CT molecular complexity index is 377. The smallest absolute Gasteiger partial charge is 0.0741 e. The molecule has 0 spiro atoms. The van der Waals surface area contributed by atoms with Crippen molar-refractivity contribution < 1.29 is 5.11 Å². The lowest BCUT2D eigenvalue weighted by atomic mass is 9.95. The summed E-state index contributed by atoms with van der Waals surface area (Å²) in [6.07, 6.45) is 1.80. The van der Waals surface area contributed by atoms with Crippen LogP contribution in [0, 0.1) is 5.92 Å². The van der Waals surface area contributed by atoms with Crippen LogP contribution in [0.4, 0.5) is 5.69 Å². The quantitative estimate of drug-likeness (QED) is 0.863. The summed E-state index contributed by atoms with van der Waals surface area (Å²) in [7, 11) is 0. The number of anilines is 1. The summed E-state index contributed by atoms with van der Waals surface area (Å²) < 4.78 is 0. The van der Waals surface area contributed by atoms with Crippen LogP contribution >= 0.6 is 0 Å². The van der Waals surface area contributed by atoms with E-state index in [2.05, 4.69) is 43.0 Å². The Kier molecular flexibility index (Phi) is 4.25. The van der Waals surface area contributed by atoms with Gasteiger partial charge < -0.3 is 15.7 Å². The second-order valence-corrected chi connectivity index (χ2v) is 5.39. The maximum absolute atomic E-state index is 9.93. The fourth-order valence-corrected chi connectivity index (χ4v) is 2.45. The van der Waals surface area contributed by atoms with Crippen molar-refractivity contribution in [3.05, 3.63) is 29.8 Å². The average Bonchev–Trinajstić information content (AvgIpc) is 2.41. The van der Waals surface area contributed by atoms with Gasteiger partial charge in [-0.1, -0.05) is 26.0 Å². The van der Waals surface area contributed by atoms with Crippen molar-refractivity contribution >= 4 is 5.69 Å². The summed E-state index contributed by atoms with van der Waals surface area (Å²) in [5.41, 5.74) is 8.38. The van der Waals surface area contributed by atoms with E-state index in [4.69, 9.17) is 5.73 Å². The van der Waals surface area contributed by atoms with E-state index >= 15 is 0 Å². The molecule has 0 radical (unpaired) electrons. The first-order chi connectivity index (χ1) is 8.61. The first-order valence-corrected chi connectivity index (χ1v) is 6.90. The zero-order valence-electron chi connectivity index (χ0n) is 11.3. The zero-order chi connectivity index (χ0) is 13.1. The number of β-amino-alcohol motifs (C(OH)–C–C–N with tert-alkyl or cyclic N) is 1. The van der Waals surface area contributed by atoms with Crippen LogP contribution in [-0.4, -0.2) is 24.3 Å². The molecule has 1 aliphatic heterocycles. The van der Waals surface area contributed by atoms with E-state index < -0.39 is 0 Å². The van der Waals surface area contributed by atoms with E-state index in [0.717, 1.165) is 25.9 Å². The van der Waals surface area contributed by atoms with Gasteiger partial charge in [-0.3, -0.25) is 0 Å². The number of rotatable bonds is 3. The molecule has 0 amide bonds. The fraction of sp³-hybridized carbons (Fsp3) is 0.600. The molecule has 1 heterocycles. The van der Waals surface area contributed by atoms with Gasteiger partial charge in [-0.25, -0.2) is 0 Å². The van der Waals surface area contributed by atoms with Gasteiger partial charge in [0.1, 0.15) is 0 Å². The van der Waals surface area contributed by atoms with Crippen molar-refractivity contribution in [1.29, 1.82) is 0 Å². The van der Waals surface area contributed by atoms with E-state index in [-0.39, 0.29) is 12.1 Å². The maximum atomic E-state index is 9.93. The third kappa shape index (κ3) is 2.85. The normalized spacial score (nSPS) is 26.1. The van der Waals surface area contributed by atoms with Crippen LogP contribution in [0.15, 0.2) is 24.3 Å². The zero-order valence-corrected chi connectivity index (χ0v) is 11.3. The van der Waals surface area contributed by atoms with Crippen molar-refractivity contribution in [2.45, 2.75) is 38.8 Å². The summed E-state index contributed by atoms with van der Waals surface area (Å²) in [6.45, 7) is 5.98. The number of piperidine rings is 1. The fourth-order valence-electron chi connectivity index (χ4n) is 2.45. The molecule has 3 unspecified atom stereocenters. The third-order valence-corrected chi connectivity index (χ3v) is 4.04. The van der Waals surface area contributed by atoms with E-state index in [1.54, 1.807) is 0 Å². The minimum atomic E-state index is -0.212. The van der Waals surface area contributed by atoms with Gasteiger partial charge in [-0.15, -0.1) is 0 Å². The average molecular weight is 248 g/mol. The lowest BCUT2D eigenvalue weighted by Crippen LogP contribution is -2.42. The van der Waals surface area contributed by atoms with E-state index in [1.165, 1.54) is 11.3 Å². The molecule has 0 saturated carbocycles. The number of benzene rings is 1. The second kappa shape index (κ2) is 5.72. The molecule has 1 saturated heterocycles. The Hall–Kier alpha value is -1.06. The highest BCUT2D eigenvalue weighted by molar-refractivity contribution is 5.48. The lowest BCUT2D eigenvalue weighted by molar-refractivity contribution is 0.103. The maximum Gasteiger partial charge on any atom is 0.0741 e. The van der Waals surface area contributed by atoms with Gasteiger partial charge in [0.05, 0.1) is 6.10 Å². The van der Waals surface area contributed by atoms with Gasteiger partial charge in [-0.05, 0) is 36.5 Å². The Morgan fingerprint density at radius 3 is 2.61 bits per heavy atom. The predicted octanol–water partition coefficient (Wildman–Crippen LogP) is 2.30. The number of hydrogen-bond donors (Lipinski definition) is 2. The third-order valence-electron chi connectivity index (χ3n) is 4.04. The van der Waals surface area contributed by atoms with Gasteiger partial charge >= 0.3 is 0 Å². The number of nitrogens with zero attached hydrogens (tertiary/aromatic N) is 1. The van der Waals surface area contributed by atoms with Crippen LogP contribution in [0.5, 0.6) is 0 Å². The van der Waals surface area contributed by atoms with E-state index in [1.807, 2.05) is 0 Å². The molecule has 3 N–H and O–H groups in total. The Balaban J connectivity index is 2.06. The Labute approximate surface area is 110 Å². The molecule has 100 valence electrons. The molecule has 18 heavy (non-hydrogen) atoms. The van der Waals surface area contributed by atoms with Crippen molar-refractivity contribution in [3.63, 3.8) is 0 Å². The standard InChI is InChI=1S/C15H24N2O/c1-3-14(16)12-4-6-13(7-5-12)17-9-8-11(2)15(18)10-17/h4-7,11,14-15,18H,3,8-10,16H2,1-2H3. The first kappa shape index (κ1) is 13.4. The van der Waals surface area contributed by atoms with Crippen molar-refractivity contribution in [3.8, 4) is 0 Å². The predicted molar refractivity (Wildman–Crippen MR) is 75.7 cm³/mol. The van der Waals surface area contributed by atoms with Crippen LogP contribution < -0.4 is 10.6 Å². The lowest BCUT2D eigenvalue weighted by Gasteiger charge is -2.36. The van der Waals surface area contributed by atoms with Gasteiger partial charge in [-0.2, -0.15) is 0 Å². The van der Waals surface area contributed by atoms with Gasteiger partial charge in [0.2, 0.25) is 0 Å². The van der Waals surface area contributed by atoms with Crippen molar-refractivity contribution in [2.75, 3.05) is 18.0 Å². The minimum Gasteiger partial charge on any atom is -0.391 e. The van der Waals surface area contributed by atoms with Gasteiger partial charge in [0.25, 0.3) is 0 Å². The molecule has 1 aromatic rings. The van der Waals surface area contributed by atoms with Crippen LogP contribution in [-0.2, 0) is 0 Å². The molecule has 1 aliphatic rings. The van der Waals surface area contributed by atoms with E-state index in [0.29, 0.717) is 5.92 Å². The minimum absolute atomic E-state index is 0.131. The SMILES string of the molecule is CCC(N)c1ccc(N2CCC(C)C(O)C2)cc1. The molecular formula is C15H24N2O. The number of nitrogens with two attached hydrogens (primary N) is 1. The highest BCUT2D eigenvalue weighted by Gasteiger charge is 2.24. The molecule has 1 fully saturated rings. The van der Waals surface area contributed by atoms with Crippen LogP contribution in [0.25, 0.3) is 0 Å². The van der Waals surface area contributed by atoms with Crippen molar-refractivity contribution in [2.24, 2.45) is 11.7 Å². The molecule has 2 rings (SSSR count). The number of aliphatic hydroxyl groups is 1. The highest BCUT2D eigenvalue weighted by atomic mass is 16.3. The van der Waals surface area contributed by atoms with Crippen LogP contribution in [0.2, 0.25) is 0 Å². The van der Waals surface area contributed by atoms with Gasteiger partial charge in [0, 0.05) is 24.8 Å². The molecular weight excluding hydrogens is 224 g/mol. The molecule has 0 aliphatic carbocycles. The summed E-state index contributed by atoms with van der Waals surface area (Å²) in [6, 6.07) is 8.58. The Morgan fingerprint density at radius 2 is 2.06 bits per heavy atom. The molecule has 3 atom stereocenters. The summed E-state index contributed by atoms with van der Waals surface area (Å²) >= 11 is 0. The molecule has 0 aromatic heterocycles. The van der Waals surface area contributed by atoms with Gasteiger partial charge in [0.15, 0.2) is 0 Å². The molecule has 3 nitrogen and oxygen atoms in total. The number of hydrogen-bond acceptors (Lipinski definition) is 3. The summed E-state index contributed by atoms with van der Waals surface area (Å²) in [4.78, 5) is 2.26. The molecule has 0 bridgehead atoms. The first-order valence-electron chi connectivity index (χ1n) is 6.90. The van der Waals surface area contributed by atoms with Crippen molar-refractivity contribution in [1.82, 2.24) is 0 Å². The summed E-state index contributed by atoms with van der Waals surface area (Å²) in [5.74, 6) is 0.411. The second-order valence-electron chi connectivity index (χ2n) is 5.39. The van der Waals surface area contributed by atoms with E-state index in [9.17, 15) is 5.11 Å². The van der Waals surface area contributed by atoms with Crippen LogP contribution in [0.1, 0.15) is 38.3 Å².